The van der Waals surface area contributed by atoms with E-state index >= 15 is 0 Å². The molecule has 170 valence electrons. The molecule has 4 N–H and O–H groups in total. The Morgan fingerprint density at radius 1 is 1.03 bits per heavy atom. The number of benzene rings is 2. The zero-order valence-electron chi connectivity index (χ0n) is 18.0. The second-order valence-corrected chi connectivity index (χ2v) is 8.72. The van der Waals surface area contributed by atoms with Crippen molar-refractivity contribution in [1.29, 1.82) is 0 Å². The Kier molecular flexibility index (Phi) is 5.57. The molecular weight excluding hydrogens is 410 g/mol. The summed E-state index contributed by atoms with van der Waals surface area (Å²) in [5, 5.41) is 42.0. The number of aliphatic hydroxyl groups excluding tert-OH is 4. The van der Waals surface area contributed by atoms with Gasteiger partial charge in [-0.15, -0.1) is 0 Å². The minimum Gasteiger partial charge on any atom is -0.394 e. The van der Waals surface area contributed by atoms with Crippen molar-refractivity contribution in [3.63, 3.8) is 0 Å². The van der Waals surface area contributed by atoms with Gasteiger partial charge in [-0.3, -0.25) is 0 Å². The molecule has 1 saturated heterocycles. The molecule has 32 heavy (non-hydrogen) atoms. The second-order valence-electron chi connectivity index (χ2n) is 8.72. The van der Waals surface area contributed by atoms with Gasteiger partial charge in [0.05, 0.1) is 13.2 Å². The molecule has 0 amide bonds. The molecule has 0 radical (unpaired) electrons. The van der Waals surface area contributed by atoms with E-state index in [0.29, 0.717) is 5.56 Å². The second kappa shape index (κ2) is 8.26. The van der Waals surface area contributed by atoms with E-state index in [4.69, 9.17) is 9.47 Å². The molecule has 1 spiro atoms. The first-order valence-electron chi connectivity index (χ1n) is 11.1. The highest BCUT2D eigenvalue weighted by Gasteiger charge is 2.58. The number of aromatic nitrogens is 1. The number of fused-ring (bicyclic) bond motifs is 3. The van der Waals surface area contributed by atoms with Crippen molar-refractivity contribution in [2.45, 2.75) is 63.1 Å². The Bertz CT molecular complexity index is 1110. The summed E-state index contributed by atoms with van der Waals surface area (Å²) in [5.74, 6) is -1.62. The number of aryl methyl sites for hydroxylation is 3. The van der Waals surface area contributed by atoms with Crippen LogP contribution in [0.1, 0.15) is 29.2 Å². The largest absolute Gasteiger partial charge is 0.394 e. The number of nitrogens with zero attached hydrogens (tertiary/aromatic N) is 1. The van der Waals surface area contributed by atoms with Gasteiger partial charge >= 0.3 is 0 Å². The molecule has 3 heterocycles. The van der Waals surface area contributed by atoms with E-state index in [1.807, 2.05) is 24.4 Å². The summed E-state index contributed by atoms with van der Waals surface area (Å²) in [7, 11) is 0. The molecule has 1 fully saturated rings. The molecule has 3 aromatic rings. The molecule has 0 aliphatic carbocycles. The van der Waals surface area contributed by atoms with E-state index in [0.717, 1.165) is 35.9 Å². The third kappa shape index (κ3) is 3.37. The van der Waals surface area contributed by atoms with Crippen LogP contribution in [0, 0.1) is 0 Å². The van der Waals surface area contributed by atoms with Crippen molar-refractivity contribution in [3.05, 3.63) is 70.9 Å². The van der Waals surface area contributed by atoms with Gasteiger partial charge in [0.1, 0.15) is 24.4 Å². The molecule has 5 atom stereocenters. The number of hydrogen-bond donors (Lipinski definition) is 4. The standard InChI is InChI=1S/C25H29NO6/c1-2-15-3-5-16(6-4-15)7-9-26-10-8-17-11-18-14-31-25(19(18)12-20(17)26)24(30)23(29)22(28)21(13-27)32-25/h3-6,8,10-12,21-24,27-30H,2,7,9,13-14H2,1H3/t21-,22-,23+,24-,25+/m1/s1. The van der Waals surface area contributed by atoms with Crippen molar-refractivity contribution in [1.82, 2.24) is 4.57 Å². The lowest BCUT2D eigenvalue weighted by atomic mass is 9.87. The van der Waals surface area contributed by atoms with Crippen molar-refractivity contribution < 1.29 is 29.9 Å². The highest BCUT2D eigenvalue weighted by atomic mass is 16.7. The number of rotatable bonds is 5. The minimum absolute atomic E-state index is 0.207. The quantitative estimate of drug-likeness (QED) is 0.482. The van der Waals surface area contributed by atoms with Gasteiger partial charge in [0.15, 0.2) is 0 Å². The van der Waals surface area contributed by atoms with Gasteiger partial charge in [-0.2, -0.15) is 0 Å². The van der Waals surface area contributed by atoms with Gasteiger partial charge in [0.25, 0.3) is 0 Å². The molecule has 2 aromatic carbocycles. The van der Waals surface area contributed by atoms with Crippen LogP contribution in [0.2, 0.25) is 0 Å². The predicted octanol–water partition coefficient (Wildman–Crippen LogP) is 1.60. The highest BCUT2D eigenvalue weighted by Crippen LogP contribution is 2.46. The van der Waals surface area contributed by atoms with Gasteiger partial charge < -0.3 is 34.5 Å². The average molecular weight is 440 g/mol. The van der Waals surface area contributed by atoms with E-state index in [-0.39, 0.29) is 6.61 Å². The van der Waals surface area contributed by atoms with Crippen LogP contribution in [0.5, 0.6) is 0 Å². The van der Waals surface area contributed by atoms with Crippen LogP contribution < -0.4 is 0 Å². The van der Waals surface area contributed by atoms with Crippen LogP contribution in [-0.4, -0.2) is 56.0 Å². The minimum atomic E-state index is -1.62. The highest BCUT2D eigenvalue weighted by molar-refractivity contribution is 5.82. The summed E-state index contributed by atoms with van der Waals surface area (Å²) in [6, 6.07) is 14.6. The fraction of sp³-hybridized carbons (Fsp3) is 0.440. The van der Waals surface area contributed by atoms with Gasteiger partial charge in [0, 0.05) is 23.8 Å². The normalized spacial score (nSPS) is 29.7. The van der Waals surface area contributed by atoms with Crippen molar-refractivity contribution in [3.8, 4) is 0 Å². The van der Waals surface area contributed by atoms with E-state index < -0.39 is 36.8 Å². The van der Waals surface area contributed by atoms with Gasteiger partial charge in [-0.1, -0.05) is 31.2 Å². The molecule has 2 aliphatic rings. The summed E-state index contributed by atoms with van der Waals surface area (Å²) in [4.78, 5) is 0. The van der Waals surface area contributed by atoms with Crippen molar-refractivity contribution in [2.75, 3.05) is 6.61 Å². The van der Waals surface area contributed by atoms with E-state index in [1.165, 1.54) is 11.1 Å². The molecule has 7 nitrogen and oxygen atoms in total. The third-order valence-corrected chi connectivity index (χ3v) is 6.84. The Hall–Kier alpha value is -2.26. The Morgan fingerprint density at radius 3 is 2.50 bits per heavy atom. The SMILES string of the molecule is CCc1ccc(CCn2ccc3cc4c(cc32)[C@]2(OC4)O[C@H](CO)[C@@H](O)[C@H](O)[C@H]2O)cc1. The van der Waals surface area contributed by atoms with Crippen LogP contribution in [0.25, 0.3) is 10.9 Å². The Labute approximate surface area is 186 Å². The van der Waals surface area contributed by atoms with Crippen LogP contribution in [0.4, 0.5) is 0 Å². The smallest absolute Gasteiger partial charge is 0.225 e. The van der Waals surface area contributed by atoms with Crippen molar-refractivity contribution >= 4 is 10.9 Å². The van der Waals surface area contributed by atoms with Crippen molar-refractivity contribution in [2.24, 2.45) is 0 Å². The predicted molar refractivity (Wildman–Crippen MR) is 118 cm³/mol. The van der Waals surface area contributed by atoms with Crippen LogP contribution in [0.15, 0.2) is 48.7 Å². The lowest BCUT2D eigenvalue weighted by Crippen LogP contribution is -2.63. The summed E-state index contributed by atoms with van der Waals surface area (Å²) in [5.41, 5.74) is 5.02. The lowest BCUT2D eigenvalue weighted by Gasteiger charge is -2.46. The zero-order valence-corrected chi connectivity index (χ0v) is 18.0. The molecule has 5 rings (SSSR count). The van der Waals surface area contributed by atoms with Gasteiger partial charge in [-0.05, 0) is 53.1 Å². The fourth-order valence-corrected chi connectivity index (χ4v) is 4.86. The van der Waals surface area contributed by atoms with Crippen LogP contribution in [0.3, 0.4) is 0 Å². The molecule has 0 unspecified atom stereocenters. The average Bonchev–Trinajstić information content (AvgIpc) is 3.39. The maximum atomic E-state index is 10.8. The van der Waals surface area contributed by atoms with E-state index in [2.05, 4.69) is 35.8 Å². The van der Waals surface area contributed by atoms with Gasteiger partial charge in [0.2, 0.25) is 5.79 Å². The van der Waals surface area contributed by atoms with E-state index in [9.17, 15) is 20.4 Å². The molecule has 0 saturated carbocycles. The number of hydrogen-bond acceptors (Lipinski definition) is 6. The maximum Gasteiger partial charge on any atom is 0.225 e. The molecule has 1 aromatic heterocycles. The number of aliphatic hydroxyl groups is 4. The maximum absolute atomic E-state index is 10.8. The van der Waals surface area contributed by atoms with Gasteiger partial charge in [-0.25, -0.2) is 0 Å². The summed E-state index contributed by atoms with van der Waals surface area (Å²) in [6.45, 7) is 2.63. The lowest BCUT2D eigenvalue weighted by molar-refractivity contribution is -0.368. The summed E-state index contributed by atoms with van der Waals surface area (Å²) < 4.78 is 13.9. The molecular formula is C25H29NO6. The molecule has 2 aliphatic heterocycles. The third-order valence-electron chi connectivity index (χ3n) is 6.84. The van der Waals surface area contributed by atoms with Crippen LogP contribution >= 0.6 is 0 Å². The van der Waals surface area contributed by atoms with Crippen LogP contribution in [-0.2, 0) is 41.3 Å². The van der Waals surface area contributed by atoms with E-state index in [1.54, 1.807) is 0 Å². The molecule has 7 heteroatoms. The Morgan fingerprint density at radius 2 is 1.78 bits per heavy atom. The first-order chi connectivity index (χ1) is 15.5. The molecule has 0 bridgehead atoms. The summed E-state index contributed by atoms with van der Waals surface area (Å²) >= 11 is 0. The summed E-state index contributed by atoms with van der Waals surface area (Å²) in [6.07, 6.45) is -1.51. The zero-order chi connectivity index (χ0) is 22.5. The Balaban J connectivity index is 1.47. The number of ether oxygens (including phenoxy) is 2. The monoisotopic (exact) mass is 439 g/mol. The first-order valence-corrected chi connectivity index (χ1v) is 11.1. The topological polar surface area (TPSA) is 104 Å². The fourth-order valence-electron chi connectivity index (χ4n) is 4.86. The first kappa shape index (κ1) is 21.6.